The Labute approximate surface area is 122 Å². The molecule has 1 aromatic rings. The Morgan fingerprint density at radius 1 is 0.947 bits per heavy atom. The van der Waals surface area contributed by atoms with E-state index in [-0.39, 0.29) is 26.2 Å². The second-order valence-electron chi connectivity index (χ2n) is 3.19. The lowest BCUT2D eigenvalue weighted by Crippen LogP contribution is -1.89. The van der Waals surface area contributed by atoms with Gasteiger partial charge in [0.15, 0.2) is 0 Å². The zero-order chi connectivity index (χ0) is 14.6. The van der Waals surface area contributed by atoms with Gasteiger partial charge in [0.25, 0.3) is 0 Å². The van der Waals surface area contributed by atoms with Crippen molar-refractivity contribution in [3.63, 3.8) is 0 Å². The molecule has 1 rings (SSSR count). The number of hydrogen-bond acceptors (Lipinski definition) is 4. The molecule has 0 atom stereocenters. The average Bonchev–Trinajstić information content (AvgIpc) is 2.31. The summed E-state index contributed by atoms with van der Waals surface area (Å²) in [6.45, 7) is 0. The Balaban J connectivity index is 3.30. The third-order valence-electron chi connectivity index (χ3n) is 1.96. The molecule has 9 heteroatoms. The molecule has 0 unspecified atom stereocenters. The van der Waals surface area contributed by atoms with Gasteiger partial charge in [-0.15, -0.1) is 0 Å². The molecule has 0 N–H and O–H groups in total. The van der Waals surface area contributed by atoms with Crippen LogP contribution in [0.5, 0.6) is 0 Å². The van der Waals surface area contributed by atoms with E-state index in [1.807, 2.05) is 0 Å². The van der Waals surface area contributed by atoms with Gasteiger partial charge in [0.2, 0.25) is 12.4 Å². The molecule has 19 heavy (non-hydrogen) atoms. The Kier molecular flexibility index (Phi) is 5.29. The lowest BCUT2D eigenvalue weighted by molar-refractivity contribution is -0.401. The summed E-state index contributed by atoms with van der Waals surface area (Å²) in [7, 11) is 0. The van der Waals surface area contributed by atoms with E-state index < -0.39 is 9.85 Å². The largest absolute Gasteiger partial charge is 0.259 e. The van der Waals surface area contributed by atoms with Crippen LogP contribution in [0.25, 0.3) is 12.2 Å². The summed E-state index contributed by atoms with van der Waals surface area (Å²) in [6, 6.07) is 1.33. The Hall–Kier alpha value is -1.63. The van der Waals surface area contributed by atoms with Crippen LogP contribution in [0.4, 0.5) is 0 Å². The van der Waals surface area contributed by atoms with Crippen molar-refractivity contribution in [1.29, 1.82) is 0 Å². The van der Waals surface area contributed by atoms with Crippen molar-refractivity contribution in [1.82, 2.24) is 0 Å². The minimum atomic E-state index is -0.679. The Morgan fingerprint density at radius 3 is 2.00 bits per heavy atom. The Bertz CT molecular complexity index is 599. The first-order chi connectivity index (χ1) is 8.82. The van der Waals surface area contributed by atoms with Gasteiger partial charge in [0.1, 0.15) is 0 Å². The van der Waals surface area contributed by atoms with Crippen molar-refractivity contribution < 1.29 is 9.85 Å². The fourth-order valence-corrected chi connectivity index (χ4v) is 1.99. The second kappa shape index (κ2) is 6.51. The topological polar surface area (TPSA) is 86.3 Å². The van der Waals surface area contributed by atoms with Gasteiger partial charge < -0.3 is 0 Å². The number of halogens is 3. The molecule has 0 heterocycles. The van der Waals surface area contributed by atoms with Crippen LogP contribution in [0, 0.1) is 20.2 Å². The molecule has 0 saturated heterocycles. The van der Waals surface area contributed by atoms with Gasteiger partial charge in [-0.2, -0.15) is 0 Å². The molecular weight excluding hydrogens is 318 g/mol. The highest BCUT2D eigenvalue weighted by Crippen LogP contribution is 2.36. The smallest absolute Gasteiger partial charge is 0.235 e. The van der Waals surface area contributed by atoms with Crippen molar-refractivity contribution in [3.8, 4) is 0 Å². The molecule has 0 radical (unpaired) electrons. The third-order valence-corrected chi connectivity index (χ3v) is 3.17. The molecule has 100 valence electrons. The summed E-state index contributed by atoms with van der Waals surface area (Å²) in [5.41, 5.74) is 0.412. The summed E-state index contributed by atoms with van der Waals surface area (Å²) in [4.78, 5) is 19.1. The molecule has 0 bridgehead atoms. The summed E-state index contributed by atoms with van der Waals surface area (Å²) < 4.78 is 0. The normalized spacial score (nSPS) is 11.3. The fourth-order valence-electron chi connectivity index (χ4n) is 1.18. The number of nitro groups is 2. The van der Waals surface area contributed by atoms with E-state index in [9.17, 15) is 20.2 Å². The third kappa shape index (κ3) is 4.20. The van der Waals surface area contributed by atoms with Crippen molar-refractivity contribution in [2.24, 2.45) is 0 Å². The SMILES string of the molecule is O=[N+]([O-])C=Cc1cc(Cl)c(C=C[N+](=O)[O-])c(Cl)c1Cl. The highest BCUT2D eigenvalue weighted by molar-refractivity contribution is 6.45. The van der Waals surface area contributed by atoms with Crippen molar-refractivity contribution in [3.05, 3.63) is 64.9 Å². The van der Waals surface area contributed by atoms with Crippen LogP contribution in [0.15, 0.2) is 18.5 Å². The van der Waals surface area contributed by atoms with Crippen molar-refractivity contribution >= 4 is 47.0 Å². The molecule has 0 aromatic heterocycles. The molecule has 0 amide bonds. The van der Waals surface area contributed by atoms with E-state index in [0.717, 1.165) is 12.2 Å². The van der Waals surface area contributed by atoms with Crippen LogP contribution in [-0.4, -0.2) is 9.85 Å². The number of hydrogen-bond donors (Lipinski definition) is 0. The van der Waals surface area contributed by atoms with Gasteiger partial charge in [-0.1, -0.05) is 34.8 Å². The highest BCUT2D eigenvalue weighted by Gasteiger charge is 2.13. The molecular formula is C10H5Cl3N2O4. The van der Waals surface area contributed by atoms with E-state index in [4.69, 9.17) is 34.8 Å². The van der Waals surface area contributed by atoms with Gasteiger partial charge in [-0.05, 0) is 6.07 Å². The lowest BCUT2D eigenvalue weighted by Gasteiger charge is -2.06. The van der Waals surface area contributed by atoms with Crippen LogP contribution in [0.2, 0.25) is 15.1 Å². The average molecular weight is 324 g/mol. The monoisotopic (exact) mass is 322 g/mol. The first kappa shape index (κ1) is 15.4. The predicted molar refractivity (Wildman–Crippen MR) is 73.5 cm³/mol. The second-order valence-corrected chi connectivity index (χ2v) is 4.35. The van der Waals surface area contributed by atoms with Crippen LogP contribution >= 0.6 is 34.8 Å². The standard InChI is InChI=1S/C10H5Cl3N2O4/c11-8-5-6(1-3-14(16)17)9(12)10(13)7(8)2-4-15(18)19/h1-5H. The quantitative estimate of drug-likeness (QED) is 0.473. The molecule has 0 fully saturated rings. The lowest BCUT2D eigenvalue weighted by atomic mass is 10.1. The van der Waals surface area contributed by atoms with Gasteiger partial charge in [0.05, 0.1) is 24.9 Å². The number of benzene rings is 1. The van der Waals surface area contributed by atoms with E-state index in [0.29, 0.717) is 12.4 Å². The molecule has 0 aliphatic heterocycles. The molecule has 0 aliphatic rings. The molecule has 0 saturated carbocycles. The first-order valence-electron chi connectivity index (χ1n) is 4.64. The summed E-state index contributed by atoms with van der Waals surface area (Å²) in [5.74, 6) is 0. The minimum Gasteiger partial charge on any atom is -0.259 e. The number of rotatable bonds is 4. The fraction of sp³-hybridized carbons (Fsp3) is 0. The van der Waals surface area contributed by atoms with Crippen molar-refractivity contribution in [2.45, 2.75) is 0 Å². The maximum absolute atomic E-state index is 10.2. The van der Waals surface area contributed by atoms with Gasteiger partial charge >= 0.3 is 0 Å². The predicted octanol–water partition coefficient (Wildman–Crippen LogP) is 4.14. The van der Waals surface area contributed by atoms with Crippen LogP contribution in [0.3, 0.4) is 0 Å². The molecule has 6 nitrogen and oxygen atoms in total. The van der Waals surface area contributed by atoms with Gasteiger partial charge in [-0.25, -0.2) is 0 Å². The van der Waals surface area contributed by atoms with Crippen molar-refractivity contribution in [2.75, 3.05) is 0 Å². The summed E-state index contributed by atoms with van der Waals surface area (Å²) in [5, 5.41) is 20.6. The summed E-state index contributed by atoms with van der Waals surface area (Å²) in [6.07, 6.45) is 3.56. The molecule has 0 aliphatic carbocycles. The first-order valence-corrected chi connectivity index (χ1v) is 5.77. The van der Waals surface area contributed by atoms with Crippen LogP contribution < -0.4 is 0 Å². The van der Waals surface area contributed by atoms with E-state index in [1.165, 1.54) is 6.07 Å². The number of nitrogens with zero attached hydrogens (tertiary/aromatic N) is 2. The van der Waals surface area contributed by atoms with E-state index in [2.05, 4.69) is 0 Å². The van der Waals surface area contributed by atoms with Crippen LogP contribution in [-0.2, 0) is 0 Å². The highest BCUT2D eigenvalue weighted by atomic mass is 35.5. The van der Waals surface area contributed by atoms with E-state index in [1.54, 1.807) is 0 Å². The zero-order valence-electron chi connectivity index (χ0n) is 9.05. The Morgan fingerprint density at radius 2 is 1.47 bits per heavy atom. The maximum atomic E-state index is 10.2. The maximum Gasteiger partial charge on any atom is 0.235 e. The molecule has 0 spiro atoms. The zero-order valence-corrected chi connectivity index (χ0v) is 11.3. The van der Waals surface area contributed by atoms with Gasteiger partial charge in [-0.3, -0.25) is 20.2 Å². The van der Waals surface area contributed by atoms with E-state index >= 15 is 0 Å². The van der Waals surface area contributed by atoms with Crippen LogP contribution in [0.1, 0.15) is 11.1 Å². The molecule has 1 aromatic carbocycles. The minimum absolute atomic E-state index is 0.0183. The summed E-state index contributed by atoms with van der Waals surface area (Å²) >= 11 is 17.7. The van der Waals surface area contributed by atoms with Gasteiger partial charge in [0, 0.05) is 23.3 Å².